The van der Waals surface area contributed by atoms with Crippen LogP contribution in [0.15, 0.2) is 0 Å². The minimum absolute atomic E-state index is 0. The van der Waals surface area contributed by atoms with Crippen molar-refractivity contribution in [1.29, 1.82) is 0 Å². The third kappa shape index (κ3) is 4.75. The number of sulfonamides is 2. The number of alkyl halides is 6. The van der Waals surface area contributed by atoms with E-state index in [0.29, 0.717) is 0 Å². The molecule has 1 N–H and O–H groups in total. The maximum absolute atomic E-state index is 11.5. The average Bonchev–Trinajstić information content (AvgIpc) is 1.77. The quantitative estimate of drug-likeness (QED) is 0.446. The van der Waals surface area contributed by atoms with Crippen molar-refractivity contribution in [1.82, 2.24) is 4.13 Å². The summed E-state index contributed by atoms with van der Waals surface area (Å²) >= 11 is 0. The molecule has 5 nitrogen and oxygen atoms in total. The first-order chi connectivity index (χ1) is 6.21. The van der Waals surface area contributed by atoms with Crippen LogP contribution in [0, 0.1) is 0 Å². The van der Waals surface area contributed by atoms with E-state index in [1.807, 2.05) is 0 Å². The van der Waals surface area contributed by atoms with Gasteiger partial charge in [-0.05, 0) is 0 Å². The second kappa shape index (κ2) is 5.37. The molecule has 0 spiro atoms. The van der Waals surface area contributed by atoms with Gasteiger partial charge >= 0.3 is 82.4 Å². The Morgan fingerprint density at radius 3 is 1.06 bits per heavy atom. The van der Waals surface area contributed by atoms with Gasteiger partial charge in [0.25, 0.3) is 0 Å². The number of rotatable bonds is 2. The van der Waals surface area contributed by atoms with Crippen molar-refractivity contribution in [2.75, 3.05) is 0 Å². The molecule has 0 saturated heterocycles. The molecule has 0 aromatic rings. The third-order valence-electron chi connectivity index (χ3n) is 0.829. The Kier molecular flexibility index (Phi) is 6.52. The van der Waals surface area contributed by atoms with Gasteiger partial charge in [0.15, 0.2) is 0 Å². The molecule has 0 aromatic carbocycles. The van der Waals surface area contributed by atoms with Gasteiger partial charge in [0.05, 0.1) is 0 Å². The molecule has 0 fully saturated rings. The van der Waals surface area contributed by atoms with Gasteiger partial charge in [-0.25, -0.2) is 16.8 Å². The second-order valence-corrected chi connectivity index (χ2v) is 5.59. The van der Waals surface area contributed by atoms with Crippen molar-refractivity contribution in [3.63, 3.8) is 0 Å². The normalized spacial score (nSPS) is 14.4. The molecule has 0 aliphatic carbocycles. The van der Waals surface area contributed by atoms with Crippen LogP contribution in [0.3, 0.4) is 0 Å². The molecule has 94 valence electrons. The first-order valence-electron chi connectivity index (χ1n) is 2.62. The fraction of sp³-hybridized carbons (Fsp3) is 1.00. The molecule has 16 heavy (non-hydrogen) atoms. The molecular formula is C2H2F6KNO4S2. The zero-order valence-electron chi connectivity index (χ0n) is 8.22. The zero-order valence-corrected chi connectivity index (χ0v) is 12.0. The average molecular weight is 321 g/mol. The molecule has 14 heteroatoms. The zero-order chi connectivity index (χ0) is 12.7. The molecule has 0 saturated carbocycles. The van der Waals surface area contributed by atoms with Crippen LogP contribution in [0.2, 0.25) is 0 Å². The van der Waals surface area contributed by atoms with Crippen molar-refractivity contribution in [3.8, 4) is 0 Å². The predicted octanol–water partition coefficient (Wildman–Crippen LogP) is -2.61. The van der Waals surface area contributed by atoms with E-state index in [0.717, 1.165) is 0 Å². The topological polar surface area (TPSA) is 80.3 Å². The molecule has 0 radical (unpaired) electrons. The van der Waals surface area contributed by atoms with Crippen molar-refractivity contribution in [2.24, 2.45) is 0 Å². The summed E-state index contributed by atoms with van der Waals surface area (Å²) in [5.41, 5.74) is -12.3. The Morgan fingerprint density at radius 2 is 0.938 bits per heavy atom. The maximum atomic E-state index is 11.5. The minimum Gasteiger partial charge on any atom is -1.00 e. The maximum Gasteiger partial charge on any atom is 1.00 e. The van der Waals surface area contributed by atoms with E-state index in [1.54, 1.807) is 0 Å². The van der Waals surface area contributed by atoms with Crippen LogP contribution in [0.4, 0.5) is 26.3 Å². The smallest absolute Gasteiger partial charge is 1.00 e. The fourth-order valence-corrected chi connectivity index (χ4v) is 2.15. The Hall–Kier alpha value is 1.08. The van der Waals surface area contributed by atoms with E-state index in [-0.39, 0.29) is 52.8 Å². The van der Waals surface area contributed by atoms with E-state index in [2.05, 4.69) is 0 Å². The predicted molar refractivity (Wildman–Crippen MR) is 34.2 cm³/mol. The standard InChI is InChI=1S/C2HF6NO4S2.K.H/c3-1(4,5)14(10,11)9-15(12,13)2(6,7)8;;/h9H;;/q;+1;-1. The third-order valence-corrected chi connectivity index (χ3v) is 3.80. The van der Waals surface area contributed by atoms with Crippen LogP contribution in [0.1, 0.15) is 1.43 Å². The second-order valence-electron chi connectivity index (χ2n) is 1.98. The molecular weight excluding hydrogens is 319 g/mol. The first-order valence-corrected chi connectivity index (χ1v) is 5.58. The molecule has 0 rings (SSSR count). The van der Waals surface area contributed by atoms with E-state index in [4.69, 9.17) is 0 Å². The van der Waals surface area contributed by atoms with Crippen molar-refractivity contribution in [2.45, 2.75) is 11.0 Å². The molecule has 0 aromatic heterocycles. The Morgan fingerprint density at radius 1 is 0.750 bits per heavy atom. The Balaban J connectivity index is -0.000000980. The van der Waals surface area contributed by atoms with E-state index in [9.17, 15) is 43.2 Å². The summed E-state index contributed by atoms with van der Waals surface area (Å²) in [5, 5.41) is 0. The summed E-state index contributed by atoms with van der Waals surface area (Å²) in [6.07, 6.45) is 0. The van der Waals surface area contributed by atoms with Crippen LogP contribution in [-0.4, -0.2) is 27.9 Å². The Bertz CT molecular complexity index is 396. The largest absolute Gasteiger partial charge is 1.00 e. The van der Waals surface area contributed by atoms with Gasteiger partial charge in [-0.15, -0.1) is 0 Å². The number of hydrogen-bond acceptors (Lipinski definition) is 4. The SMILES string of the molecule is O=S(=O)(NS(=O)(=O)C(F)(F)F)C(F)(F)F.[H-].[K+]. The molecule has 0 aliphatic heterocycles. The van der Waals surface area contributed by atoms with Crippen molar-refractivity contribution >= 4 is 20.0 Å². The minimum atomic E-state index is -6.60. The molecule has 0 atom stereocenters. The van der Waals surface area contributed by atoms with Gasteiger partial charge < -0.3 is 1.43 Å². The monoisotopic (exact) mass is 321 g/mol. The molecule has 0 unspecified atom stereocenters. The van der Waals surface area contributed by atoms with Gasteiger partial charge in [0.2, 0.25) is 0 Å². The molecule has 0 amide bonds. The van der Waals surface area contributed by atoms with Gasteiger partial charge in [-0.2, -0.15) is 26.3 Å². The number of hydrogen-bond donors (Lipinski definition) is 1. The summed E-state index contributed by atoms with van der Waals surface area (Å²) in [7, 11) is -13.2. The van der Waals surface area contributed by atoms with Crippen LogP contribution in [0.25, 0.3) is 0 Å². The van der Waals surface area contributed by atoms with Crippen LogP contribution >= 0.6 is 0 Å². The summed E-state index contributed by atoms with van der Waals surface area (Å²) in [6.45, 7) is 0. The van der Waals surface area contributed by atoms with E-state index in [1.165, 1.54) is 0 Å². The number of nitrogens with one attached hydrogen (secondary N) is 1. The van der Waals surface area contributed by atoms with Crippen molar-refractivity contribution in [3.05, 3.63) is 0 Å². The first kappa shape index (κ1) is 19.4. The summed E-state index contributed by atoms with van der Waals surface area (Å²) in [5.74, 6) is 0. The van der Waals surface area contributed by atoms with Crippen molar-refractivity contribution < 1.29 is 96.0 Å². The van der Waals surface area contributed by atoms with Gasteiger partial charge in [-0.1, -0.05) is 4.13 Å². The van der Waals surface area contributed by atoms with Crippen LogP contribution < -0.4 is 55.5 Å². The number of halogens is 6. The Labute approximate surface area is 130 Å². The molecule has 0 bridgehead atoms. The summed E-state index contributed by atoms with van der Waals surface area (Å²) in [6, 6.07) is 0. The summed E-state index contributed by atoms with van der Waals surface area (Å²) in [4.78, 5) is 0. The summed E-state index contributed by atoms with van der Waals surface area (Å²) < 4.78 is 108. The van der Waals surface area contributed by atoms with Crippen LogP contribution in [0.5, 0.6) is 0 Å². The van der Waals surface area contributed by atoms with Gasteiger partial charge in [0.1, 0.15) is 0 Å². The van der Waals surface area contributed by atoms with Gasteiger partial charge in [-0.3, -0.25) is 0 Å². The van der Waals surface area contributed by atoms with E-state index >= 15 is 0 Å². The van der Waals surface area contributed by atoms with Crippen LogP contribution in [-0.2, 0) is 20.0 Å². The van der Waals surface area contributed by atoms with Gasteiger partial charge in [0, 0.05) is 0 Å². The van der Waals surface area contributed by atoms with E-state index < -0.39 is 35.2 Å². The molecule has 0 aliphatic rings. The molecule has 0 heterocycles. The fourth-order valence-electron chi connectivity index (χ4n) is 0.239.